The van der Waals surface area contributed by atoms with Gasteiger partial charge in [0.2, 0.25) is 0 Å². The van der Waals surface area contributed by atoms with Crippen LogP contribution in [0.2, 0.25) is 0 Å². The highest BCUT2D eigenvalue weighted by atomic mass is 16.5. The fourth-order valence-corrected chi connectivity index (χ4v) is 6.21. The average molecular weight is 392 g/mol. The number of benzene rings is 1. The molecule has 0 saturated heterocycles. The third kappa shape index (κ3) is 4.13. The molecule has 4 nitrogen and oxygen atoms in total. The first-order chi connectivity index (χ1) is 14.3. The Balaban J connectivity index is 1.35. The molecule has 154 valence electrons. The highest BCUT2D eigenvalue weighted by molar-refractivity contribution is 5.70. The highest BCUT2D eigenvalue weighted by Gasteiger charge is 2.48. The van der Waals surface area contributed by atoms with Gasteiger partial charge in [0.1, 0.15) is 0 Å². The molecule has 0 radical (unpaired) electrons. The van der Waals surface area contributed by atoms with Crippen molar-refractivity contribution in [1.82, 2.24) is 4.98 Å². The first-order valence-electron chi connectivity index (χ1n) is 11.4. The molecule has 1 heterocycles. The number of nitrogens with one attached hydrogen (secondary N) is 2. The second-order valence-corrected chi connectivity index (χ2v) is 9.33. The summed E-state index contributed by atoms with van der Waals surface area (Å²) in [5, 5.41) is 7.67. The van der Waals surface area contributed by atoms with E-state index in [1.165, 1.54) is 54.6 Å². The number of ether oxygens (including phenoxy) is 1. The lowest BCUT2D eigenvalue weighted by Gasteiger charge is -2.54. The third-order valence-electron chi connectivity index (χ3n) is 7.34. The van der Waals surface area contributed by atoms with Crippen molar-refractivity contribution < 1.29 is 4.74 Å². The van der Waals surface area contributed by atoms with Gasteiger partial charge in [0.15, 0.2) is 0 Å². The van der Waals surface area contributed by atoms with E-state index < -0.39 is 0 Å². The summed E-state index contributed by atoms with van der Waals surface area (Å²) in [5.41, 5.74) is 4.90. The number of aromatic nitrogens is 1. The van der Waals surface area contributed by atoms with Crippen LogP contribution in [-0.2, 0) is 17.9 Å². The largest absolute Gasteiger partial charge is 0.380 e. The number of nitrogens with zero attached hydrogens (tertiary/aromatic N) is 1. The molecule has 2 N–H and O–H groups in total. The summed E-state index contributed by atoms with van der Waals surface area (Å²) < 4.78 is 5.65. The molecule has 0 aliphatic heterocycles. The first-order valence-corrected chi connectivity index (χ1v) is 11.4. The van der Waals surface area contributed by atoms with E-state index in [9.17, 15) is 0 Å². The molecule has 4 saturated carbocycles. The van der Waals surface area contributed by atoms with Crippen LogP contribution in [0.1, 0.15) is 50.2 Å². The van der Waals surface area contributed by atoms with Crippen LogP contribution in [0.5, 0.6) is 0 Å². The lowest BCUT2D eigenvalue weighted by molar-refractivity contribution is 0.00756. The van der Waals surface area contributed by atoms with Gasteiger partial charge in [-0.1, -0.05) is 6.07 Å². The monoisotopic (exact) mass is 391 g/mol. The van der Waals surface area contributed by atoms with Gasteiger partial charge < -0.3 is 15.4 Å². The van der Waals surface area contributed by atoms with Gasteiger partial charge in [0.05, 0.1) is 18.0 Å². The van der Waals surface area contributed by atoms with Gasteiger partial charge in [-0.15, -0.1) is 0 Å². The summed E-state index contributed by atoms with van der Waals surface area (Å²) in [5.74, 6) is 3.74. The van der Waals surface area contributed by atoms with Crippen LogP contribution < -0.4 is 10.6 Å². The molecular formula is C25H33N3O. The Morgan fingerprint density at radius 3 is 2.31 bits per heavy atom. The van der Waals surface area contributed by atoms with Crippen molar-refractivity contribution in [1.29, 1.82) is 0 Å². The van der Waals surface area contributed by atoms with Gasteiger partial charge in [-0.05, 0) is 98.1 Å². The van der Waals surface area contributed by atoms with E-state index in [0.717, 1.165) is 36.8 Å². The number of pyridine rings is 1. The standard InChI is InChI=1S/C25H33N3O/c1-2-29-16-18-3-4-23(24(14-18)27-15-17-5-7-26-8-6-17)28-25-21-10-19-9-20(12-21)13-22(25)11-19/h3-8,14,19-22,25,27-28H,2,9-13,15-16H2,1H3. The minimum atomic E-state index is 0.641. The van der Waals surface area contributed by atoms with Crippen molar-refractivity contribution in [3.05, 3.63) is 53.9 Å². The fraction of sp³-hybridized carbons (Fsp3) is 0.560. The van der Waals surface area contributed by atoms with E-state index >= 15 is 0 Å². The van der Waals surface area contributed by atoms with Crippen molar-refractivity contribution in [2.24, 2.45) is 23.7 Å². The molecule has 4 aliphatic rings. The van der Waals surface area contributed by atoms with E-state index in [4.69, 9.17) is 4.74 Å². The lowest BCUT2D eigenvalue weighted by atomic mass is 9.54. The van der Waals surface area contributed by atoms with Crippen LogP contribution >= 0.6 is 0 Å². The predicted octanol–water partition coefficient (Wildman–Crippen LogP) is 5.47. The smallest absolute Gasteiger partial charge is 0.0717 e. The minimum Gasteiger partial charge on any atom is -0.380 e. The molecule has 2 aromatic rings. The predicted molar refractivity (Wildman–Crippen MR) is 118 cm³/mol. The molecular weight excluding hydrogens is 358 g/mol. The maximum Gasteiger partial charge on any atom is 0.0717 e. The van der Waals surface area contributed by atoms with Crippen molar-refractivity contribution in [2.45, 2.75) is 58.2 Å². The minimum absolute atomic E-state index is 0.641. The number of hydrogen-bond acceptors (Lipinski definition) is 4. The maximum absolute atomic E-state index is 5.65. The Bertz CT molecular complexity index is 794. The van der Waals surface area contributed by atoms with Gasteiger partial charge in [-0.2, -0.15) is 0 Å². The van der Waals surface area contributed by atoms with Gasteiger partial charge in [0.25, 0.3) is 0 Å². The van der Waals surface area contributed by atoms with Gasteiger partial charge in [-0.3, -0.25) is 4.98 Å². The van der Waals surface area contributed by atoms with Crippen LogP contribution in [0.4, 0.5) is 11.4 Å². The van der Waals surface area contributed by atoms with Crippen LogP contribution in [0.15, 0.2) is 42.7 Å². The molecule has 4 fully saturated rings. The summed E-state index contributed by atoms with van der Waals surface area (Å²) in [6.07, 6.45) is 11.0. The molecule has 0 spiro atoms. The normalized spacial score (nSPS) is 29.8. The fourth-order valence-electron chi connectivity index (χ4n) is 6.21. The Morgan fingerprint density at radius 2 is 1.62 bits per heavy atom. The molecule has 4 bridgehead atoms. The summed E-state index contributed by atoms with van der Waals surface area (Å²) >= 11 is 0. The molecule has 29 heavy (non-hydrogen) atoms. The lowest BCUT2D eigenvalue weighted by Crippen LogP contribution is -2.51. The van der Waals surface area contributed by atoms with E-state index in [-0.39, 0.29) is 0 Å². The number of hydrogen-bond donors (Lipinski definition) is 2. The second-order valence-electron chi connectivity index (χ2n) is 9.33. The molecule has 4 aliphatic carbocycles. The van der Waals surface area contributed by atoms with Gasteiger partial charge in [-0.25, -0.2) is 0 Å². The molecule has 1 aromatic heterocycles. The van der Waals surface area contributed by atoms with E-state index in [1.807, 2.05) is 19.3 Å². The number of anilines is 2. The topological polar surface area (TPSA) is 46.2 Å². The zero-order valence-corrected chi connectivity index (χ0v) is 17.4. The maximum atomic E-state index is 5.65. The summed E-state index contributed by atoms with van der Waals surface area (Å²) in [4.78, 5) is 4.13. The van der Waals surface area contributed by atoms with Gasteiger partial charge in [0, 0.05) is 31.6 Å². The molecule has 0 amide bonds. The van der Waals surface area contributed by atoms with E-state index in [1.54, 1.807) is 0 Å². The van der Waals surface area contributed by atoms with Crippen LogP contribution in [-0.4, -0.2) is 17.6 Å². The third-order valence-corrected chi connectivity index (χ3v) is 7.34. The Hall–Kier alpha value is -2.07. The summed E-state index contributed by atoms with van der Waals surface area (Å²) in [7, 11) is 0. The Labute approximate surface area is 174 Å². The van der Waals surface area contributed by atoms with E-state index in [2.05, 4.69) is 45.9 Å². The zero-order valence-electron chi connectivity index (χ0n) is 17.4. The summed E-state index contributed by atoms with van der Waals surface area (Å²) in [6, 6.07) is 11.5. The first kappa shape index (κ1) is 18.9. The Morgan fingerprint density at radius 1 is 0.897 bits per heavy atom. The van der Waals surface area contributed by atoms with Crippen LogP contribution in [0.3, 0.4) is 0 Å². The zero-order chi connectivity index (χ0) is 19.6. The second kappa shape index (κ2) is 8.35. The molecule has 4 heteroatoms. The van der Waals surface area contributed by atoms with Crippen molar-refractivity contribution in [2.75, 3.05) is 17.2 Å². The highest BCUT2D eigenvalue weighted by Crippen LogP contribution is 2.54. The van der Waals surface area contributed by atoms with Crippen molar-refractivity contribution in [3.8, 4) is 0 Å². The Kier molecular flexibility index (Phi) is 5.45. The summed E-state index contributed by atoms with van der Waals surface area (Å²) in [6.45, 7) is 4.26. The van der Waals surface area contributed by atoms with Crippen LogP contribution in [0, 0.1) is 23.7 Å². The average Bonchev–Trinajstić information content (AvgIpc) is 2.74. The van der Waals surface area contributed by atoms with E-state index in [0.29, 0.717) is 12.6 Å². The quantitative estimate of drug-likeness (QED) is 0.627. The van der Waals surface area contributed by atoms with Crippen molar-refractivity contribution >= 4 is 11.4 Å². The molecule has 0 atom stereocenters. The van der Waals surface area contributed by atoms with Crippen molar-refractivity contribution in [3.63, 3.8) is 0 Å². The number of rotatable bonds is 8. The molecule has 6 rings (SSSR count). The molecule has 1 aromatic carbocycles. The van der Waals surface area contributed by atoms with Crippen LogP contribution in [0.25, 0.3) is 0 Å². The molecule has 0 unspecified atom stereocenters. The SMILES string of the molecule is CCOCc1ccc(NC2C3CC4CC(C3)CC2C4)c(NCc2ccncc2)c1. The van der Waals surface area contributed by atoms with Gasteiger partial charge >= 0.3 is 0 Å².